The number of hydrogen-bond donors (Lipinski definition) is 0. The smallest absolute Gasteiger partial charge is 0.246 e. The third-order valence-corrected chi connectivity index (χ3v) is 4.65. The lowest BCUT2D eigenvalue weighted by molar-refractivity contribution is -0.126. The van der Waals surface area contributed by atoms with Gasteiger partial charge in [-0.05, 0) is 24.1 Å². The Labute approximate surface area is 154 Å². The first-order chi connectivity index (χ1) is 12.5. The predicted molar refractivity (Wildman–Crippen MR) is 105 cm³/mol. The third kappa shape index (κ3) is 4.20. The molecule has 136 valence electrons. The van der Waals surface area contributed by atoms with Gasteiger partial charge in [0, 0.05) is 52.4 Å². The van der Waals surface area contributed by atoms with E-state index in [0.717, 1.165) is 30.2 Å². The molecule has 1 aromatic heterocycles. The van der Waals surface area contributed by atoms with Gasteiger partial charge in [0.05, 0.1) is 11.9 Å². The van der Waals surface area contributed by atoms with Crippen molar-refractivity contribution >= 4 is 23.5 Å². The van der Waals surface area contributed by atoms with E-state index >= 15 is 0 Å². The van der Waals surface area contributed by atoms with Crippen LogP contribution in [-0.4, -0.2) is 61.3 Å². The zero-order valence-electron chi connectivity index (χ0n) is 15.6. The zero-order chi connectivity index (χ0) is 18.5. The number of aryl methyl sites for hydroxylation is 1. The van der Waals surface area contributed by atoms with Gasteiger partial charge in [0.1, 0.15) is 0 Å². The molecule has 2 aromatic rings. The van der Waals surface area contributed by atoms with Crippen molar-refractivity contribution in [1.29, 1.82) is 0 Å². The lowest BCUT2D eigenvalue weighted by atomic mass is 10.1. The summed E-state index contributed by atoms with van der Waals surface area (Å²) >= 11 is 0. The Kier molecular flexibility index (Phi) is 5.51. The van der Waals surface area contributed by atoms with Crippen LogP contribution in [0.4, 0.5) is 11.5 Å². The number of aromatic nitrogens is 2. The number of carbonyl (C=O) groups is 1. The first-order valence-electron chi connectivity index (χ1n) is 8.82. The van der Waals surface area contributed by atoms with Crippen LogP contribution >= 0.6 is 0 Å². The molecular formula is C20H25N5O. The Balaban J connectivity index is 1.59. The van der Waals surface area contributed by atoms with Gasteiger partial charge >= 0.3 is 0 Å². The molecule has 0 aliphatic carbocycles. The molecule has 6 heteroatoms. The third-order valence-electron chi connectivity index (χ3n) is 4.65. The molecule has 0 atom stereocenters. The standard InChI is InChI=1S/C20H25N5O/c1-16-6-4-5-7-17(16)8-9-20(26)25-12-10-24(11-13-25)19-14-18(23(2)3)15-21-22-19/h4-9,14-15H,10-13H2,1-3H3/b9-8+. The van der Waals surface area contributed by atoms with Crippen LogP contribution in [0.5, 0.6) is 0 Å². The van der Waals surface area contributed by atoms with Crippen LogP contribution in [0.15, 0.2) is 42.6 Å². The van der Waals surface area contributed by atoms with E-state index < -0.39 is 0 Å². The van der Waals surface area contributed by atoms with Crippen LogP contribution in [0.3, 0.4) is 0 Å². The van der Waals surface area contributed by atoms with Crippen molar-refractivity contribution in [2.24, 2.45) is 0 Å². The van der Waals surface area contributed by atoms with Crippen LogP contribution < -0.4 is 9.80 Å². The Morgan fingerprint density at radius 1 is 1.15 bits per heavy atom. The summed E-state index contributed by atoms with van der Waals surface area (Å²) < 4.78 is 0. The van der Waals surface area contributed by atoms with Crippen LogP contribution in [0, 0.1) is 6.92 Å². The van der Waals surface area contributed by atoms with Crippen molar-refractivity contribution < 1.29 is 4.79 Å². The highest BCUT2D eigenvalue weighted by atomic mass is 16.2. The maximum Gasteiger partial charge on any atom is 0.246 e. The quantitative estimate of drug-likeness (QED) is 0.791. The molecule has 6 nitrogen and oxygen atoms in total. The van der Waals surface area contributed by atoms with E-state index in [1.165, 1.54) is 5.56 Å². The van der Waals surface area contributed by atoms with Crippen molar-refractivity contribution in [3.63, 3.8) is 0 Å². The molecule has 26 heavy (non-hydrogen) atoms. The predicted octanol–water partition coefficient (Wildman–Crippen LogP) is 2.21. The number of benzene rings is 1. The Hall–Kier alpha value is -2.89. The minimum Gasteiger partial charge on any atom is -0.376 e. The van der Waals surface area contributed by atoms with Crippen molar-refractivity contribution in [3.05, 3.63) is 53.7 Å². The minimum absolute atomic E-state index is 0.0565. The summed E-state index contributed by atoms with van der Waals surface area (Å²) in [4.78, 5) is 18.5. The largest absolute Gasteiger partial charge is 0.376 e. The molecule has 1 aliphatic heterocycles. The van der Waals surface area contributed by atoms with E-state index in [1.54, 1.807) is 12.3 Å². The molecule has 0 saturated carbocycles. The first kappa shape index (κ1) is 17.9. The molecule has 2 heterocycles. The average Bonchev–Trinajstić information content (AvgIpc) is 2.67. The number of hydrogen-bond acceptors (Lipinski definition) is 5. The molecule has 1 saturated heterocycles. The monoisotopic (exact) mass is 351 g/mol. The SMILES string of the molecule is Cc1ccccc1/C=C/C(=O)N1CCN(c2cc(N(C)C)cnn2)CC1. The molecule has 1 fully saturated rings. The van der Waals surface area contributed by atoms with Gasteiger partial charge in [-0.3, -0.25) is 4.79 Å². The van der Waals surface area contributed by atoms with Gasteiger partial charge in [0.15, 0.2) is 5.82 Å². The second kappa shape index (κ2) is 7.99. The number of piperazine rings is 1. The van der Waals surface area contributed by atoms with Gasteiger partial charge in [0.25, 0.3) is 0 Å². The lowest BCUT2D eigenvalue weighted by Crippen LogP contribution is -2.48. The fourth-order valence-corrected chi connectivity index (χ4v) is 2.94. The maximum atomic E-state index is 12.5. The van der Waals surface area contributed by atoms with Gasteiger partial charge < -0.3 is 14.7 Å². The number of rotatable bonds is 4. The van der Waals surface area contributed by atoms with Crippen LogP contribution in [0.25, 0.3) is 6.08 Å². The normalized spacial score (nSPS) is 14.7. The molecule has 3 rings (SSSR count). The zero-order valence-corrected chi connectivity index (χ0v) is 15.6. The summed E-state index contributed by atoms with van der Waals surface area (Å²) in [7, 11) is 3.97. The summed E-state index contributed by atoms with van der Waals surface area (Å²) in [5.41, 5.74) is 3.27. The molecule has 1 amide bonds. The highest BCUT2D eigenvalue weighted by Gasteiger charge is 2.21. The lowest BCUT2D eigenvalue weighted by Gasteiger charge is -2.34. The van der Waals surface area contributed by atoms with E-state index in [9.17, 15) is 4.79 Å². The van der Waals surface area contributed by atoms with Gasteiger partial charge in [-0.15, -0.1) is 5.10 Å². The average molecular weight is 351 g/mol. The Bertz CT molecular complexity index is 794. The maximum absolute atomic E-state index is 12.5. The summed E-state index contributed by atoms with van der Waals surface area (Å²) in [6, 6.07) is 10.1. The van der Waals surface area contributed by atoms with Crippen molar-refractivity contribution in [2.45, 2.75) is 6.92 Å². The summed E-state index contributed by atoms with van der Waals surface area (Å²) in [5, 5.41) is 8.31. The molecule has 0 radical (unpaired) electrons. The van der Waals surface area contributed by atoms with Gasteiger partial charge in [0.2, 0.25) is 5.91 Å². The number of amides is 1. The van der Waals surface area contributed by atoms with Crippen LogP contribution in [0.2, 0.25) is 0 Å². The first-order valence-corrected chi connectivity index (χ1v) is 8.82. The fraction of sp³-hybridized carbons (Fsp3) is 0.350. The molecule has 0 spiro atoms. The molecule has 1 aliphatic rings. The van der Waals surface area contributed by atoms with Gasteiger partial charge in [-0.25, -0.2) is 0 Å². The molecule has 0 bridgehead atoms. The Morgan fingerprint density at radius 3 is 2.58 bits per heavy atom. The van der Waals surface area contributed by atoms with Crippen molar-refractivity contribution in [1.82, 2.24) is 15.1 Å². The molecule has 1 aromatic carbocycles. The number of carbonyl (C=O) groups excluding carboxylic acids is 1. The van der Waals surface area contributed by atoms with Crippen molar-refractivity contribution in [3.8, 4) is 0 Å². The van der Waals surface area contributed by atoms with Crippen molar-refractivity contribution in [2.75, 3.05) is 50.1 Å². The second-order valence-electron chi connectivity index (χ2n) is 6.67. The van der Waals surface area contributed by atoms with Gasteiger partial charge in [-0.2, -0.15) is 5.10 Å². The number of nitrogens with zero attached hydrogens (tertiary/aromatic N) is 5. The molecule has 0 unspecified atom stereocenters. The minimum atomic E-state index is 0.0565. The van der Waals surface area contributed by atoms with Crippen LogP contribution in [0.1, 0.15) is 11.1 Å². The topological polar surface area (TPSA) is 52.6 Å². The summed E-state index contributed by atoms with van der Waals surface area (Å²) in [6.45, 7) is 4.94. The van der Waals surface area contributed by atoms with E-state index in [-0.39, 0.29) is 5.91 Å². The molecule has 0 N–H and O–H groups in total. The van der Waals surface area contributed by atoms with E-state index in [4.69, 9.17) is 0 Å². The second-order valence-corrected chi connectivity index (χ2v) is 6.67. The van der Waals surface area contributed by atoms with E-state index in [1.807, 2.05) is 67.2 Å². The highest BCUT2D eigenvalue weighted by molar-refractivity contribution is 5.92. The summed E-state index contributed by atoms with van der Waals surface area (Å²) in [6.07, 6.45) is 5.32. The van der Waals surface area contributed by atoms with E-state index in [0.29, 0.717) is 13.1 Å². The molecular weight excluding hydrogens is 326 g/mol. The Morgan fingerprint density at radius 2 is 1.88 bits per heavy atom. The van der Waals surface area contributed by atoms with E-state index in [2.05, 4.69) is 15.1 Å². The van der Waals surface area contributed by atoms with Crippen LogP contribution in [-0.2, 0) is 4.79 Å². The summed E-state index contributed by atoms with van der Waals surface area (Å²) in [5.74, 6) is 0.916. The highest BCUT2D eigenvalue weighted by Crippen LogP contribution is 2.18. The fourth-order valence-electron chi connectivity index (χ4n) is 2.94. The number of anilines is 2. The van der Waals surface area contributed by atoms with Gasteiger partial charge in [-0.1, -0.05) is 24.3 Å².